The van der Waals surface area contributed by atoms with E-state index in [-0.39, 0.29) is 4.90 Å². The molecule has 0 spiro atoms. The number of sulfonamides is 1. The molecule has 0 unspecified atom stereocenters. The van der Waals surface area contributed by atoms with Gasteiger partial charge in [-0.05, 0) is 35.0 Å². The molecule has 2 aromatic heterocycles. The number of aromatic nitrogens is 2. The van der Waals surface area contributed by atoms with Crippen molar-refractivity contribution in [3.63, 3.8) is 0 Å². The molecule has 0 saturated carbocycles. The van der Waals surface area contributed by atoms with Crippen molar-refractivity contribution < 1.29 is 8.42 Å². The molecule has 0 amide bonds. The van der Waals surface area contributed by atoms with E-state index in [1.54, 1.807) is 30.5 Å². The summed E-state index contributed by atoms with van der Waals surface area (Å²) in [4.78, 5) is 7.83. The number of nitrogens with zero attached hydrogens (tertiary/aromatic N) is 2. The second-order valence-electron chi connectivity index (χ2n) is 4.27. The number of nitrogens with one attached hydrogen (secondary N) is 2. The SMILES string of the molecule is CNc1ncc(S(=O)(=O)Nc2ccc3sccc3c2)cn1. The minimum Gasteiger partial charge on any atom is -0.357 e. The van der Waals surface area contributed by atoms with Gasteiger partial charge in [0.15, 0.2) is 0 Å². The third kappa shape index (κ3) is 2.81. The van der Waals surface area contributed by atoms with Gasteiger partial charge in [-0.3, -0.25) is 4.72 Å². The molecule has 1 aromatic carbocycles. The van der Waals surface area contributed by atoms with Gasteiger partial charge in [-0.1, -0.05) is 0 Å². The molecule has 0 aliphatic carbocycles. The molecule has 0 fully saturated rings. The third-order valence-corrected chi connectivity index (χ3v) is 5.10. The summed E-state index contributed by atoms with van der Waals surface area (Å²) in [5.41, 5.74) is 0.513. The Kier molecular flexibility index (Phi) is 3.48. The summed E-state index contributed by atoms with van der Waals surface area (Å²) in [5, 5.41) is 5.70. The molecule has 0 atom stereocenters. The van der Waals surface area contributed by atoms with Crippen molar-refractivity contribution in [3.8, 4) is 0 Å². The van der Waals surface area contributed by atoms with Crippen molar-refractivity contribution in [2.75, 3.05) is 17.1 Å². The monoisotopic (exact) mass is 320 g/mol. The molecule has 3 aromatic rings. The van der Waals surface area contributed by atoms with E-state index < -0.39 is 10.0 Å². The van der Waals surface area contributed by atoms with E-state index in [4.69, 9.17) is 0 Å². The predicted molar refractivity (Wildman–Crippen MR) is 84.2 cm³/mol. The van der Waals surface area contributed by atoms with Crippen LogP contribution in [0.15, 0.2) is 46.9 Å². The van der Waals surface area contributed by atoms with E-state index in [2.05, 4.69) is 20.0 Å². The summed E-state index contributed by atoms with van der Waals surface area (Å²) in [6, 6.07) is 7.37. The number of anilines is 2. The van der Waals surface area contributed by atoms with Gasteiger partial charge in [0.2, 0.25) is 5.95 Å². The molecular weight excluding hydrogens is 308 g/mol. The second kappa shape index (κ2) is 5.30. The summed E-state index contributed by atoms with van der Waals surface area (Å²) < 4.78 is 28.2. The van der Waals surface area contributed by atoms with Gasteiger partial charge in [0.1, 0.15) is 4.90 Å². The smallest absolute Gasteiger partial charge is 0.264 e. The highest BCUT2D eigenvalue weighted by Gasteiger charge is 2.15. The normalized spacial score (nSPS) is 11.5. The Labute approximate surface area is 125 Å². The van der Waals surface area contributed by atoms with E-state index >= 15 is 0 Å². The van der Waals surface area contributed by atoms with E-state index in [0.29, 0.717) is 11.6 Å². The molecule has 0 aliphatic rings. The van der Waals surface area contributed by atoms with Crippen LogP contribution in [0.25, 0.3) is 10.1 Å². The highest BCUT2D eigenvalue weighted by molar-refractivity contribution is 7.92. The molecule has 0 aliphatic heterocycles. The third-order valence-electron chi connectivity index (χ3n) is 2.87. The predicted octanol–water partition coefficient (Wildman–Crippen LogP) is 2.53. The van der Waals surface area contributed by atoms with Crippen molar-refractivity contribution in [1.82, 2.24) is 9.97 Å². The van der Waals surface area contributed by atoms with E-state index in [9.17, 15) is 8.42 Å². The summed E-state index contributed by atoms with van der Waals surface area (Å²) >= 11 is 1.61. The van der Waals surface area contributed by atoms with Gasteiger partial charge in [0.25, 0.3) is 10.0 Å². The largest absolute Gasteiger partial charge is 0.357 e. The fourth-order valence-corrected chi connectivity index (χ4v) is 3.54. The quantitative estimate of drug-likeness (QED) is 0.772. The van der Waals surface area contributed by atoms with Crippen LogP contribution in [0.3, 0.4) is 0 Å². The van der Waals surface area contributed by atoms with E-state index in [1.165, 1.54) is 12.4 Å². The fourth-order valence-electron chi connectivity index (χ4n) is 1.83. The zero-order chi connectivity index (χ0) is 14.9. The molecular formula is C13H12N4O2S2. The molecule has 6 nitrogen and oxygen atoms in total. The Morgan fingerprint density at radius 1 is 1.14 bits per heavy atom. The molecule has 21 heavy (non-hydrogen) atoms. The van der Waals surface area contributed by atoms with Crippen molar-refractivity contribution in [2.24, 2.45) is 0 Å². The molecule has 2 heterocycles. The van der Waals surface area contributed by atoms with Gasteiger partial charge in [0.05, 0.1) is 12.4 Å². The maximum Gasteiger partial charge on any atom is 0.264 e. The van der Waals surface area contributed by atoms with Gasteiger partial charge in [-0.2, -0.15) is 0 Å². The molecule has 0 bridgehead atoms. The van der Waals surface area contributed by atoms with Gasteiger partial charge in [-0.25, -0.2) is 18.4 Å². The van der Waals surface area contributed by atoms with Gasteiger partial charge < -0.3 is 5.32 Å². The molecule has 8 heteroatoms. The first-order chi connectivity index (χ1) is 10.1. The first kappa shape index (κ1) is 13.8. The second-order valence-corrected chi connectivity index (χ2v) is 6.90. The summed E-state index contributed by atoms with van der Waals surface area (Å²) in [7, 11) is -2.02. The number of rotatable bonds is 4. The Morgan fingerprint density at radius 2 is 1.90 bits per heavy atom. The van der Waals surface area contributed by atoms with Crippen molar-refractivity contribution >= 4 is 43.1 Å². The number of benzene rings is 1. The minimum absolute atomic E-state index is 0.0203. The Hall–Kier alpha value is -2.19. The maximum absolute atomic E-state index is 12.3. The molecule has 2 N–H and O–H groups in total. The lowest BCUT2D eigenvalue weighted by Crippen LogP contribution is -2.13. The van der Waals surface area contributed by atoms with Crippen LogP contribution in [0.1, 0.15) is 0 Å². The highest BCUT2D eigenvalue weighted by Crippen LogP contribution is 2.25. The Balaban J connectivity index is 1.90. The molecule has 3 rings (SSSR count). The van der Waals surface area contributed by atoms with Crippen LogP contribution in [-0.2, 0) is 10.0 Å². The average Bonchev–Trinajstić information content (AvgIpc) is 2.94. The first-order valence-electron chi connectivity index (χ1n) is 6.08. The van der Waals surface area contributed by atoms with Crippen molar-refractivity contribution in [3.05, 3.63) is 42.0 Å². The minimum atomic E-state index is -3.69. The number of hydrogen-bond donors (Lipinski definition) is 2. The fraction of sp³-hybridized carbons (Fsp3) is 0.0769. The average molecular weight is 320 g/mol. The Morgan fingerprint density at radius 3 is 2.62 bits per heavy atom. The zero-order valence-electron chi connectivity index (χ0n) is 11.1. The number of thiophene rings is 1. The number of fused-ring (bicyclic) bond motifs is 1. The lowest BCUT2D eigenvalue weighted by atomic mass is 10.2. The maximum atomic E-state index is 12.3. The van der Waals surface area contributed by atoms with Crippen LogP contribution in [0.4, 0.5) is 11.6 Å². The van der Waals surface area contributed by atoms with Crippen LogP contribution in [0.5, 0.6) is 0 Å². The van der Waals surface area contributed by atoms with Crippen molar-refractivity contribution in [1.29, 1.82) is 0 Å². The van der Waals surface area contributed by atoms with E-state index in [1.807, 2.05) is 17.5 Å². The summed E-state index contributed by atoms with van der Waals surface area (Å²) in [5.74, 6) is 0.369. The molecule has 0 saturated heterocycles. The van der Waals surface area contributed by atoms with Gasteiger partial charge in [0, 0.05) is 17.4 Å². The molecule has 108 valence electrons. The zero-order valence-corrected chi connectivity index (χ0v) is 12.7. The summed E-state index contributed by atoms with van der Waals surface area (Å²) in [6.45, 7) is 0. The van der Waals surface area contributed by atoms with Crippen molar-refractivity contribution in [2.45, 2.75) is 4.90 Å². The van der Waals surface area contributed by atoms with Gasteiger partial charge in [-0.15, -0.1) is 11.3 Å². The van der Waals surface area contributed by atoms with Crippen LogP contribution in [0, 0.1) is 0 Å². The number of hydrogen-bond acceptors (Lipinski definition) is 6. The lowest BCUT2D eigenvalue weighted by molar-refractivity contribution is 0.600. The highest BCUT2D eigenvalue weighted by atomic mass is 32.2. The topological polar surface area (TPSA) is 84.0 Å². The first-order valence-corrected chi connectivity index (χ1v) is 8.45. The standard InChI is InChI=1S/C13H12N4O2S2/c1-14-13-15-7-11(8-16-13)21(18,19)17-10-2-3-12-9(6-10)4-5-20-12/h2-8,17H,1H3,(H,14,15,16). The molecule has 0 radical (unpaired) electrons. The van der Waals surface area contributed by atoms with Crippen LogP contribution in [-0.4, -0.2) is 25.4 Å². The van der Waals surface area contributed by atoms with Crippen LogP contribution in [0.2, 0.25) is 0 Å². The van der Waals surface area contributed by atoms with Gasteiger partial charge >= 0.3 is 0 Å². The lowest BCUT2D eigenvalue weighted by Gasteiger charge is -2.08. The van der Waals surface area contributed by atoms with Crippen LogP contribution < -0.4 is 10.0 Å². The summed E-state index contributed by atoms with van der Waals surface area (Å²) in [6.07, 6.45) is 2.54. The van der Waals surface area contributed by atoms with E-state index in [0.717, 1.165) is 10.1 Å². The Bertz CT molecular complexity index is 873. The van der Waals surface area contributed by atoms with Crippen LogP contribution >= 0.6 is 11.3 Å².